The summed E-state index contributed by atoms with van der Waals surface area (Å²) in [6.45, 7) is 9.83. The second kappa shape index (κ2) is 10.1. The summed E-state index contributed by atoms with van der Waals surface area (Å²) in [5.41, 5.74) is 6.70. The van der Waals surface area contributed by atoms with E-state index in [0.717, 1.165) is 60.7 Å². The number of aliphatic imine (C=N–C) groups is 1. The zero-order valence-corrected chi connectivity index (χ0v) is 19.9. The monoisotopic (exact) mass is 456 g/mol. The lowest BCUT2D eigenvalue weighted by atomic mass is 9.79. The molecule has 6 heteroatoms. The molecule has 1 atom stereocenters. The number of benzene rings is 2. The molecular weight excluding hydrogens is 424 g/mol. The Morgan fingerprint density at radius 1 is 1.15 bits per heavy atom. The Hall–Kier alpha value is -3.67. The minimum absolute atomic E-state index is 0.106. The summed E-state index contributed by atoms with van der Waals surface area (Å²) in [7, 11) is 0. The zero-order chi connectivity index (χ0) is 24.1. The number of nitrogens with one attached hydrogen (secondary N) is 2. The summed E-state index contributed by atoms with van der Waals surface area (Å²) in [4.78, 5) is 28.8. The predicted molar refractivity (Wildman–Crippen MR) is 138 cm³/mol. The molecule has 2 aromatic rings. The molecule has 2 heterocycles. The quantitative estimate of drug-likeness (QED) is 0.384. The van der Waals surface area contributed by atoms with Gasteiger partial charge in [0, 0.05) is 42.1 Å². The van der Waals surface area contributed by atoms with Crippen molar-refractivity contribution in [2.75, 3.05) is 23.7 Å². The number of amides is 2. The first kappa shape index (κ1) is 23.5. The van der Waals surface area contributed by atoms with Gasteiger partial charge in [-0.25, -0.2) is 0 Å². The van der Waals surface area contributed by atoms with Gasteiger partial charge in [-0.15, -0.1) is 0 Å². The lowest BCUT2D eigenvalue weighted by molar-refractivity contribution is -0.120. The zero-order valence-electron chi connectivity index (χ0n) is 19.9. The molecule has 34 heavy (non-hydrogen) atoms. The maximum atomic E-state index is 12.8. The standard InChI is InChI=1S/C23H23N3O.C5H9NO/c1-4-24-15(2)11-16(3)25-19-10-9-17-13-23(14-18(17)12-19)20-7-5-6-8-21(20)26-22(23)27;7-5-6-3-1-2-4-6/h4-12,25H,3,13-14H2,1-2H3,(H,26,27);5H,1-4H2/b15-11-,24-4?;. The number of rotatable bonds is 5. The van der Waals surface area contributed by atoms with Gasteiger partial charge in [0.15, 0.2) is 0 Å². The molecular formula is C28H32N4O2. The number of carbonyl (C=O) groups excluding carboxylic acids is 2. The van der Waals surface area contributed by atoms with Crippen molar-refractivity contribution in [3.05, 3.63) is 83.2 Å². The minimum Gasteiger partial charge on any atom is -0.356 e. The van der Waals surface area contributed by atoms with Crippen molar-refractivity contribution in [2.24, 2.45) is 4.99 Å². The number of anilines is 2. The Morgan fingerprint density at radius 3 is 2.59 bits per heavy atom. The number of hydrogen-bond donors (Lipinski definition) is 2. The van der Waals surface area contributed by atoms with Crippen LogP contribution < -0.4 is 10.6 Å². The van der Waals surface area contributed by atoms with Crippen LogP contribution in [0.4, 0.5) is 11.4 Å². The van der Waals surface area contributed by atoms with E-state index in [1.165, 1.54) is 24.0 Å². The van der Waals surface area contributed by atoms with Gasteiger partial charge in [-0.3, -0.25) is 14.6 Å². The molecule has 3 aliphatic rings. The van der Waals surface area contributed by atoms with E-state index in [2.05, 4.69) is 40.4 Å². The van der Waals surface area contributed by atoms with Gasteiger partial charge in [-0.1, -0.05) is 30.8 Å². The summed E-state index contributed by atoms with van der Waals surface area (Å²) in [6, 6.07) is 14.3. The van der Waals surface area contributed by atoms with Crippen molar-refractivity contribution in [1.29, 1.82) is 0 Å². The van der Waals surface area contributed by atoms with E-state index in [0.29, 0.717) is 0 Å². The third kappa shape index (κ3) is 4.81. The maximum Gasteiger partial charge on any atom is 0.235 e. The lowest BCUT2D eigenvalue weighted by Gasteiger charge is -2.20. The Morgan fingerprint density at radius 2 is 1.88 bits per heavy atom. The summed E-state index contributed by atoms with van der Waals surface area (Å²) >= 11 is 0. The first-order valence-corrected chi connectivity index (χ1v) is 11.8. The first-order chi connectivity index (χ1) is 16.4. The molecule has 1 spiro atoms. The fourth-order valence-electron chi connectivity index (χ4n) is 5.04. The SMILES string of the molecule is C=C(/C=C(/C)N=CC)Nc1ccc2c(c1)CC1(C2)C(=O)Nc2ccccc21.O=CN1CCCC1. The van der Waals surface area contributed by atoms with Crippen LogP contribution in [-0.2, 0) is 27.8 Å². The Balaban J connectivity index is 0.000000336. The average molecular weight is 457 g/mol. The van der Waals surface area contributed by atoms with E-state index in [1.54, 1.807) is 11.1 Å². The molecule has 1 aliphatic carbocycles. The van der Waals surface area contributed by atoms with Gasteiger partial charge in [0.2, 0.25) is 12.3 Å². The Kier molecular flexibility index (Phi) is 6.96. The van der Waals surface area contributed by atoms with Crippen LogP contribution in [0.2, 0.25) is 0 Å². The van der Waals surface area contributed by atoms with Crippen molar-refractivity contribution in [3.8, 4) is 0 Å². The summed E-state index contributed by atoms with van der Waals surface area (Å²) in [5, 5.41) is 6.38. The van der Waals surface area contributed by atoms with Gasteiger partial charge in [-0.05, 0) is 80.5 Å². The molecule has 1 fully saturated rings. The molecule has 6 nitrogen and oxygen atoms in total. The molecule has 0 bridgehead atoms. The van der Waals surface area contributed by atoms with E-state index in [-0.39, 0.29) is 5.91 Å². The number of para-hydroxylation sites is 1. The molecule has 0 radical (unpaired) electrons. The molecule has 2 amide bonds. The van der Waals surface area contributed by atoms with Crippen LogP contribution in [0.1, 0.15) is 43.4 Å². The Bertz CT molecular complexity index is 1160. The first-order valence-electron chi connectivity index (χ1n) is 11.8. The second-order valence-corrected chi connectivity index (χ2v) is 9.09. The maximum absolute atomic E-state index is 12.8. The minimum atomic E-state index is -0.471. The fourth-order valence-corrected chi connectivity index (χ4v) is 5.04. The second-order valence-electron chi connectivity index (χ2n) is 9.09. The van der Waals surface area contributed by atoms with Crippen molar-refractivity contribution in [2.45, 2.75) is 44.9 Å². The number of allylic oxidation sites excluding steroid dienone is 2. The molecule has 1 saturated heterocycles. The van der Waals surface area contributed by atoms with Crippen molar-refractivity contribution in [3.63, 3.8) is 0 Å². The molecule has 2 N–H and O–H groups in total. The van der Waals surface area contributed by atoms with Crippen LogP contribution >= 0.6 is 0 Å². The molecule has 5 rings (SSSR count). The van der Waals surface area contributed by atoms with E-state index in [9.17, 15) is 9.59 Å². The fraction of sp³-hybridized carbons (Fsp3) is 0.321. The smallest absolute Gasteiger partial charge is 0.235 e. The van der Waals surface area contributed by atoms with Crippen molar-refractivity contribution >= 4 is 29.9 Å². The molecule has 0 saturated carbocycles. The van der Waals surface area contributed by atoms with Crippen LogP contribution in [0.15, 0.2) is 71.5 Å². The predicted octanol–water partition coefficient (Wildman–Crippen LogP) is 4.83. The van der Waals surface area contributed by atoms with Crippen molar-refractivity contribution in [1.82, 2.24) is 4.90 Å². The summed E-state index contributed by atoms with van der Waals surface area (Å²) in [6.07, 6.45) is 8.46. The highest BCUT2D eigenvalue weighted by Crippen LogP contribution is 2.47. The van der Waals surface area contributed by atoms with Crippen LogP contribution in [-0.4, -0.2) is 36.5 Å². The highest BCUT2D eigenvalue weighted by molar-refractivity contribution is 6.07. The van der Waals surface area contributed by atoms with Crippen LogP contribution in [0.25, 0.3) is 0 Å². The summed E-state index contributed by atoms with van der Waals surface area (Å²) < 4.78 is 0. The normalized spacial score (nSPS) is 20.6. The van der Waals surface area contributed by atoms with Gasteiger partial charge in [0.05, 0.1) is 5.41 Å². The van der Waals surface area contributed by atoms with Crippen LogP contribution in [0, 0.1) is 0 Å². The Labute approximate surface area is 201 Å². The van der Waals surface area contributed by atoms with Gasteiger partial charge < -0.3 is 15.5 Å². The van der Waals surface area contributed by atoms with Gasteiger partial charge in [-0.2, -0.15) is 0 Å². The number of carbonyl (C=O) groups is 2. The number of nitrogens with zero attached hydrogens (tertiary/aromatic N) is 2. The average Bonchev–Trinajstić information content (AvgIpc) is 3.53. The van der Waals surface area contributed by atoms with Gasteiger partial charge >= 0.3 is 0 Å². The number of fused-ring (bicyclic) bond motifs is 3. The van der Waals surface area contributed by atoms with Crippen LogP contribution in [0.3, 0.4) is 0 Å². The van der Waals surface area contributed by atoms with E-state index < -0.39 is 5.41 Å². The lowest BCUT2D eigenvalue weighted by Crippen LogP contribution is -2.35. The number of likely N-dealkylation sites (tertiary alicyclic amines) is 1. The third-order valence-electron chi connectivity index (χ3n) is 6.63. The third-order valence-corrected chi connectivity index (χ3v) is 6.63. The van der Waals surface area contributed by atoms with E-state index in [4.69, 9.17) is 0 Å². The van der Waals surface area contributed by atoms with E-state index >= 15 is 0 Å². The summed E-state index contributed by atoms with van der Waals surface area (Å²) in [5.74, 6) is 0.106. The highest BCUT2D eigenvalue weighted by atomic mass is 16.2. The van der Waals surface area contributed by atoms with Crippen LogP contribution in [0.5, 0.6) is 0 Å². The topological polar surface area (TPSA) is 73.8 Å². The molecule has 176 valence electrons. The molecule has 0 aromatic heterocycles. The highest BCUT2D eigenvalue weighted by Gasteiger charge is 2.50. The molecule has 2 aromatic carbocycles. The van der Waals surface area contributed by atoms with E-state index in [1.807, 2.05) is 44.2 Å². The van der Waals surface area contributed by atoms with Crippen molar-refractivity contribution < 1.29 is 9.59 Å². The number of hydrogen-bond acceptors (Lipinski definition) is 4. The molecule has 1 unspecified atom stereocenters. The largest absolute Gasteiger partial charge is 0.356 e. The van der Waals surface area contributed by atoms with Gasteiger partial charge in [0.1, 0.15) is 0 Å². The van der Waals surface area contributed by atoms with Gasteiger partial charge in [0.25, 0.3) is 0 Å². The molecule has 2 aliphatic heterocycles.